The van der Waals surface area contributed by atoms with E-state index in [1.54, 1.807) is 12.3 Å². The van der Waals surface area contributed by atoms with Gasteiger partial charge in [-0.05, 0) is 6.07 Å². The summed E-state index contributed by atoms with van der Waals surface area (Å²) in [5.41, 5.74) is 1.56. The van der Waals surface area contributed by atoms with Crippen LogP contribution in [-0.2, 0) is 11.2 Å². The Morgan fingerprint density at radius 2 is 2.38 bits per heavy atom. The maximum atomic E-state index is 10.4. The topological polar surface area (TPSA) is 76.0 Å². The van der Waals surface area contributed by atoms with Crippen LogP contribution in [0.1, 0.15) is 12.1 Å². The maximum Gasteiger partial charge on any atom is 0.303 e. The van der Waals surface area contributed by atoms with Crippen molar-refractivity contribution < 1.29 is 9.90 Å². The molecule has 5 nitrogen and oxygen atoms in total. The maximum absolute atomic E-state index is 10.4. The highest BCUT2D eigenvalue weighted by atomic mass is 32.1. The van der Waals surface area contributed by atoms with Gasteiger partial charge in [-0.15, -0.1) is 11.3 Å². The van der Waals surface area contributed by atoms with E-state index in [9.17, 15) is 4.79 Å². The van der Waals surface area contributed by atoms with E-state index >= 15 is 0 Å². The summed E-state index contributed by atoms with van der Waals surface area (Å²) in [5, 5.41) is 11.2. The van der Waals surface area contributed by atoms with Crippen molar-refractivity contribution in [1.82, 2.24) is 15.0 Å². The van der Waals surface area contributed by atoms with Gasteiger partial charge in [0.05, 0.1) is 12.1 Å². The zero-order valence-corrected chi connectivity index (χ0v) is 9.15. The average Bonchev–Trinajstić information content (AvgIpc) is 2.76. The zero-order chi connectivity index (χ0) is 11.4. The third kappa shape index (κ3) is 2.60. The van der Waals surface area contributed by atoms with E-state index in [0.29, 0.717) is 6.42 Å². The minimum atomic E-state index is -0.809. The number of hydrogen-bond acceptors (Lipinski definition) is 5. The van der Waals surface area contributed by atoms with Gasteiger partial charge >= 0.3 is 5.97 Å². The summed E-state index contributed by atoms with van der Waals surface area (Å²) < 4.78 is 0. The highest BCUT2D eigenvalue weighted by molar-refractivity contribution is 7.13. The van der Waals surface area contributed by atoms with Gasteiger partial charge in [0.25, 0.3) is 0 Å². The van der Waals surface area contributed by atoms with E-state index in [0.717, 1.165) is 16.4 Å². The van der Waals surface area contributed by atoms with Gasteiger partial charge in [-0.2, -0.15) is 0 Å². The Morgan fingerprint density at radius 1 is 1.50 bits per heavy atom. The third-order valence-corrected chi connectivity index (χ3v) is 2.86. The minimum absolute atomic E-state index is 0.104. The smallest absolute Gasteiger partial charge is 0.303 e. The molecular weight excluding hydrogens is 226 g/mol. The Labute approximate surface area is 95.8 Å². The zero-order valence-electron chi connectivity index (χ0n) is 8.33. The molecule has 82 valence electrons. The number of carboxylic acids is 1. The van der Waals surface area contributed by atoms with Crippen molar-refractivity contribution in [2.75, 3.05) is 0 Å². The van der Waals surface area contributed by atoms with Crippen molar-refractivity contribution in [3.05, 3.63) is 29.7 Å². The lowest BCUT2D eigenvalue weighted by Gasteiger charge is -1.93. The quantitative estimate of drug-likeness (QED) is 0.871. The number of carboxylic acid groups (broad SMARTS) is 1. The molecule has 16 heavy (non-hydrogen) atoms. The van der Waals surface area contributed by atoms with E-state index in [1.807, 2.05) is 5.38 Å². The van der Waals surface area contributed by atoms with Crippen LogP contribution in [0.15, 0.2) is 24.0 Å². The molecule has 0 aliphatic carbocycles. The predicted octanol–water partition coefficient (Wildman–Crippen LogP) is 1.62. The lowest BCUT2D eigenvalue weighted by molar-refractivity contribution is -0.136. The van der Waals surface area contributed by atoms with Crippen molar-refractivity contribution in [1.29, 1.82) is 0 Å². The molecular formula is C10H9N3O2S. The number of aliphatic carboxylic acids is 1. The molecule has 2 aromatic heterocycles. The van der Waals surface area contributed by atoms with Gasteiger partial charge in [0.15, 0.2) is 0 Å². The lowest BCUT2D eigenvalue weighted by atomic mass is 10.2. The highest BCUT2D eigenvalue weighted by Gasteiger charge is 2.06. The number of thiazole rings is 1. The molecule has 6 heteroatoms. The minimum Gasteiger partial charge on any atom is -0.481 e. The molecule has 0 amide bonds. The second-order valence-corrected chi connectivity index (χ2v) is 3.99. The summed E-state index contributed by atoms with van der Waals surface area (Å²) in [6, 6.07) is 1.78. The van der Waals surface area contributed by atoms with E-state index in [-0.39, 0.29) is 6.42 Å². The third-order valence-electron chi connectivity index (χ3n) is 1.95. The van der Waals surface area contributed by atoms with E-state index in [2.05, 4.69) is 15.0 Å². The molecule has 0 radical (unpaired) electrons. The molecule has 2 aromatic rings. The van der Waals surface area contributed by atoms with E-state index < -0.39 is 5.97 Å². The molecule has 0 aromatic carbocycles. The molecule has 0 spiro atoms. The van der Waals surface area contributed by atoms with Crippen molar-refractivity contribution in [3.8, 4) is 10.7 Å². The fourth-order valence-corrected chi connectivity index (χ4v) is 2.02. The summed E-state index contributed by atoms with van der Waals surface area (Å²) in [6.45, 7) is 0. The molecule has 2 rings (SSSR count). The average molecular weight is 235 g/mol. The Bertz CT molecular complexity index is 484. The van der Waals surface area contributed by atoms with Gasteiger partial charge < -0.3 is 5.11 Å². The van der Waals surface area contributed by atoms with Crippen LogP contribution in [0.25, 0.3) is 10.7 Å². The van der Waals surface area contributed by atoms with Crippen LogP contribution in [0, 0.1) is 0 Å². The number of aryl methyl sites for hydroxylation is 1. The van der Waals surface area contributed by atoms with Gasteiger partial charge in [0, 0.05) is 18.0 Å². The molecule has 0 aliphatic rings. The van der Waals surface area contributed by atoms with E-state index in [1.165, 1.54) is 17.7 Å². The van der Waals surface area contributed by atoms with Gasteiger partial charge in [0.2, 0.25) is 0 Å². The fraction of sp³-hybridized carbons (Fsp3) is 0.200. The van der Waals surface area contributed by atoms with Crippen molar-refractivity contribution in [3.63, 3.8) is 0 Å². The fourth-order valence-electron chi connectivity index (χ4n) is 1.19. The number of nitrogens with zero attached hydrogens (tertiary/aromatic N) is 3. The van der Waals surface area contributed by atoms with Gasteiger partial charge in [0.1, 0.15) is 17.0 Å². The van der Waals surface area contributed by atoms with Crippen molar-refractivity contribution in [2.24, 2.45) is 0 Å². The summed E-state index contributed by atoms with van der Waals surface area (Å²) in [7, 11) is 0. The normalized spacial score (nSPS) is 10.2. The van der Waals surface area contributed by atoms with Crippen LogP contribution in [0.3, 0.4) is 0 Å². The molecule has 0 saturated heterocycles. The predicted molar refractivity (Wildman–Crippen MR) is 59.1 cm³/mol. The first-order valence-corrected chi connectivity index (χ1v) is 5.56. The SMILES string of the molecule is O=C(O)CCc1csc(-c2ccncn2)n1. The standard InChI is InChI=1S/C10H9N3O2S/c14-9(15)2-1-7-5-16-10(13-7)8-3-4-11-6-12-8/h3-6H,1-2H2,(H,14,15). The van der Waals surface area contributed by atoms with Gasteiger partial charge in [-0.25, -0.2) is 15.0 Å². The molecule has 0 saturated carbocycles. The molecule has 0 atom stereocenters. The van der Waals surface area contributed by atoms with Crippen LogP contribution in [0.2, 0.25) is 0 Å². The van der Waals surface area contributed by atoms with Crippen LogP contribution in [0.5, 0.6) is 0 Å². The first-order valence-electron chi connectivity index (χ1n) is 4.68. The molecule has 2 heterocycles. The summed E-state index contributed by atoms with van der Waals surface area (Å²) in [5.74, 6) is -0.809. The van der Waals surface area contributed by atoms with Crippen molar-refractivity contribution >= 4 is 17.3 Å². The largest absolute Gasteiger partial charge is 0.481 e. The summed E-state index contributed by atoms with van der Waals surface area (Å²) in [4.78, 5) is 22.6. The second kappa shape index (κ2) is 4.80. The summed E-state index contributed by atoms with van der Waals surface area (Å²) >= 11 is 1.46. The van der Waals surface area contributed by atoms with Gasteiger partial charge in [-0.3, -0.25) is 4.79 Å². The molecule has 1 N–H and O–H groups in total. The summed E-state index contributed by atoms with van der Waals surface area (Å²) in [6.07, 6.45) is 3.68. The molecule has 0 unspecified atom stereocenters. The van der Waals surface area contributed by atoms with Gasteiger partial charge in [-0.1, -0.05) is 0 Å². The second-order valence-electron chi connectivity index (χ2n) is 3.13. The van der Waals surface area contributed by atoms with Crippen LogP contribution < -0.4 is 0 Å². The van der Waals surface area contributed by atoms with Crippen LogP contribution in [0.4, 0.5) is 0 Å². The highest BCUT2D eigenvalue weighted by Crippen LogP contribution is 2.21. The number of carbonyl (C=O) groups is 1. The molecule has 0 bridgehead atoms. The molecule has 0 fully saturated rings. The van der Waals surface area contributed by atoms with Crippen LogP contribution in [-0.4, -0.2) is 26.0 Å². The Kier molecular flexibility index (Phi) is 3.21. The Balaban J connectivity index is 2.11. The number of aromatic nitrogens is 3. The number of rotatable bonds is 4. The Hall–Kier alpha value is -1.82. The lowest BCUT2D eigenvalue weighted by Crippen LogP contribution is -1.97. The van der Waals surface area contributed by atoms with Crippen molar-refractivity contribution in [2.45, 2.75) is 12.8 Å². The number of hydrogen-bond donors (Lipinski definition) is 1. The first kappa shape index (κ1) is 10.7. The van der Waals surface area contributed by atoms with Crippen LogP contribution >= 0.6 is 11.3 Å². The monoisotopic (exact) mass is 235 g/mol. The first-order chi connectivity index (χ1) is 7.75. The molecule has 0 aliphatic heterocycles. The Morgan fingerprint density at radius 3 is 3.06 bits per heavy atom. The van der Waals surface area contributed by atoms with E-state index in [4.69, 9.17) is 5.11 Å².